The van der Waals surface area contributed by atoms with Crippen molar-refractivity contribution in [1.29, 1.82) is 0 Å². The van der Waals surface area contributed by atoms with Gasteiger partial charge in [0, 0.05) is 17.6 Å². The van der Waals surface area contributed by atoms with Crippen molar-refractivity contribution in [3.05, 3.63) is 88.9 Å². The predicted molar refractivity (Wildman–Crippen MR) is 147 cm³/mol. The Hall–Kier alpha value is -3.37. The third-order valence-electron chi connectivity index (χ3n) is 5.71. The molecule has 0 bridgehead atoms. The normalized spacial score (nSPS) is 11.9. The van der Waals surface area contributed by atoms with E-state index >= 15 is 0 Å². The summed E-state index contributed by atoms with van der Waals surface area (Å²) >= 11 is 3.38. The van der Waals surface area contributed by atoms with E-state index in [1.54, 1.807) is 81.6 Å². The Balaban J connectivity index is 2.02. The second-order valence-electron chi connectivity index (χ2n) is 8.25. The summed E-state index contributed by atoms with van der Waals surface area (Å²) in [6, 6.07) is 21.0. The lowest BCUT2D eigenvalue weighted by Crippen LogP contribution is -2.51. The van der Waals surface area contributed by atoms with Crippen molar-refractivity contribution >= 4 is 43.5 Å². The molecular formula is C27H30BrN3O5S. The summed E-state index contributed by atoms with van der Waals surface area (Å²) in [7, 11) is -2.55. The van der Waals surface area contributed by atoms with Crippen LogP contribution in [0.4, 0.5) is 5.69 Å². The molecular weight excluding hydrogens is 558 g/mol. The number of hydrogen-bond acceptors (Lipinski definition) is 5. The molecule has 0 aromatic heterocycles. The molecule has 3 rings (SSSR count). The van der Waals surface area contributed by atoms with E-state index in [1.165, 1.54) is 17.0 Å². The van der Waals surface area contributed by atoms with Gasteiger partial charge in [0.25, 0.3) is 10.0 Å². The summed E-state index contributed by atoms with van der Waals surface area (Å²) in [5, 5.41) is 2.74. The summed E-state index contributed by atoms with van der Waals surface area (Å²) < 4.78 is 34.4. The van der Waals surface area contributed by atoms with Crippen molar-refractivity contribution in [1.82, 2.24) is 10.2 Å². The largest absolute Gasteiger partial charge is 0.497 e. The minimum Gasteiger partial charge on any atom is -0.497 e. The summed E-state index contributed by atoms with van der Waals surface area (Å²) in [6.07, 6.45) is 0. The molecule has 10 heteroatoms. The van der Waals surface area contributed by atoms with Crippen LogP contribution < -0.4 is 14.4 Å². The van der Waals surface area contributed by atoms with Crippen molar-refractivity contribution in [2.45, 2.75) is 31.3 Å². The van der Waals surface area contributed by atoms with Crippen LogP contribution >= 0.6 is 15.9 Å². The maximum atomic E-state index is 13.8. The van der Waals surface area contributed by atoms with Gasteiger partial charge in [-0.3, -0.25) is 13.9 Å². The van der Waals surface area contributed by atoms with Gasteiger partial charge >= 0.3 is 0 Å². The number of rotatable bonds is 11. The number of hydrogen-bond donors (Lipinski definition) is 1. The number of amides is 2. The Kier molecular flexibility index (Phi) is 9.71. The molecule has 1 unspecified atom stereocenters. The fourth-order valence-corrected chi connectivity index (χ4v) is 5.57. The van der Waals surface area contributed by atoms with Gasteiger partial charge in [-0.05, 0) is 61.9 Å². The van der Waals surface area contributed by atoms with Crippen LogP contribution in [0.3, 0.4) is 0 Å². The molecule has 1 atom stereocenters. The van der Waals surface area contributed by atoms with Gasteiger partial charge in [0.1, 0.15) is 18.3 Å². The Morgan fingerprint density at radius 2 is 1.70 bits per heavy atom. The Morgan fingerprint density at radius 3 is 2.35 bits per heavy atom. The lowest BCUT2D eigenvalue weighted by atomic mass is 10.1. The highest BCUT2D eigenvalue weighted by Gasteiger charge is 2.32. The number of carbonyl (C=O) groups is 2. The van der Waals surface area contributed by atoms with Gasteiger partial charge in [-0.2, -0.15) is 0 Å². The third kappa shape index (κ3) is 7.11. The molecule has 0 saturated carbocycles. The molecule has 37 heavy (non-hydrogen) atoms. The van der Waals surface area contributed by atoms with E-state index in [2.05, 4.69) is 21.2 Å². The van der Waals surface area contributed by atoms with E-state index in [-0.39, 0.29) is 17.3 Å². The van der Waals surface area contributed by atoms with Crippen molar-refractivity contribution < 1.29 is 22.7 Å². The van der Waals surface area contributed by atoms with Gasteiger partial charge in [-0.25, -0.2) is 8.42 Å². The number of nitrogens with zero attached hydrogens (tertiary/aromatic N) is 2. The summed E-state index contributed by atoms with van der Waals surface area (Å²) in [4.78, 5) is 28.0. The first-order valence-corrected chi connectivity index (χ1v) is 13.9. The van der Waals surface area contributed by atoms with E-state index < -0.39 is 28.5 Å². The van der Waals surface area contributed by atoms with Crippen LogP contribution in [0.25, 0.3) is 0 Å². The summed E-state index contributed by atoms with van der Waals surface area (Å²) in [6.45, 7) is 3.41. The highest BCUT2D eigenvalue weighted by atomic mass is 79.9. The van der Waals surface area contributed by atoms with Crippen LogP contribution in [-0.2, 0) is 26.2 Å². The molecule has 0 aliphatic carbocycles. The molecule has 0 fully saturated rings. The van der Waals surface area contributed by atoms with E-state index in [1.807, 2.05) is 6.07 Å². The standard InChI is InChI=1S/C27H30BrN3O5S/c1-4-29-27(33)20(2)30(18-21-10-8-13-24(16-21)36-3)26(32)19-31(23-12-9-11-22(28)17-23)37(34,35)25-14-6-5-7-15-25/h5-17,20H,4,18-19H2,1-3H3,(H,29,33). The van der Waals surface area contributed by atoms with Gasteiger partial charge < -0.3 is 15.0 Å². The van der Waals surface area contributed by atoms with Gasteiger partial charge in [-0.1, -0.05) is 52.3 Å². The first kappa shape index (κ1) is 28.2. The van der Waals surface area contributed by atoms with E-state index in [4.69, 9.17) is 4.74 Å². The number of methoxy groups -OCH3 is 1. The smallest absolute Gasteiger partial charge is 0.264 e. The third-order valence-corrected chi connectivity index (χ3v) is 7.99. The molecule has 0 saturated heterocycles. The van der Waals surface area contributed by atoms with Gasteiger partial charge in [0.2, 0.25) is 11.8 Å². The quantitative estimate of drug-likeness (QED) is 0.362. The number of carbonyl (C=O) groups excluding carboxylic acids is 2. The molecule has 0 aliphatic heterocycles. The highest BCUT2D eigenvalue weighted by Crippen LogP contribution is 2.27. The lowest BCUT2D eigenvalue weighted by molar-refractivity contribution is -0.139. The Labute approximate surface area is 226 Å². The van der Waals surface area contributed by atoms with Crippen molar-refractivity contribution in [3.63, 3.8) is 0 Å². The maximum absolute atomic E-state index is 13.8. The number of halogens is 1. The number of nitrogens with one attached hydrogen (secondary N) is 1. The molecule has 0 spiro atoms. The fourth-order valence-electron chi connectivity index (χ4n) is 3.75. The molecule has 1 N–H and O–H groups in total. The molecule has 3 aromatic rings. The minimum atomic E-state index is -4.09. The Bertz CT molecular complexity index is 1330. The average molecular weight is 589 g/mol. The first-order chi connectivity index (χ1) is 17.7. The van der Waals surface area contributed by atoms with E-state index in [9.17, 15) is 18.0 Å². The van der Waals surface area contributed by atoms with Gasteiger partial charge in [0.05, 0.1) is 17.7 Å². The molecule has 0 aliphatic rings. The first-order valence-electron chi connectivity index (χ1n) is 11.7. The maximum Gasteiger partial charge on any atom is 0.264 e. The second-order valence-corrected chi connectivity index (χ2v) is 11.0. The number of benzene rings is 3. The zero-order chi connectivity index (χ0) is 27.0. The fraction of sp³-hybridized carbons (Fsp3) is 0.259. The van der Waals surface area contributed by atoms with Crippen LogP contribution in [0.5, 0.6) is 5.75 Å². The highest BCUT2D eigenvalue weighted by molar-refractivity contribution is 9.10. The SMILES string of the molecule is CCNC(=O)C(C)N(Cc1cccc(OC)c1)C(=O)CN(c1cccc(Br)c1)S(=O)(=O)c1ccccc1. The molecule has 8 nitrogen and oxygen atoms in total. The lowest BCUT2D eigenvalue weighted by Gasteiger charge is -2.32. The van der Waals surface area contributed by atoms with Crippen molar-refractivity contribution in [3.8, 4) is 5.75 Å². The van der Waals surface area contributed by atoms with E-state index in [0.29, 0.717) is 22.5 Å². The minimum absolute atomic E-state index is 0.0545. The molecule has 0 radical (unpaired) electrons. The second kappa shape index (κ2) is 12.7. The number of sulfonamides is 1. The van der Waals surface area contributed by atoms with Gasteiger partial charge in [-0.15, -0.1) is 0 Å². The summed E-state index contributed by atoms with van der Waals surface area (Å²) in [5.41, 5.74) is 1.06. The average Bonchev–Trinajstić information content (AvgIpc) is 2.90. The molecule has 0 heterocycles. The van der Waals surface area contributed by atoms with Crippen LogP contribution in [0.15, 0.2) is 88.2 Å². The Morgan fingerprint density at radius 1 is 1.00 bits per heavy atom. The predicted octanol–water partition coefficient (Wildman–Crippen LogP) is 4.21. The van der Waals surface area contributed by atoms with Crippen LogP contribution in [-0.4, -0.2) is 51.4 Å². The van der Waals surface area contributed by atoms with Crippen LogP contribution in [0.1, 0.15) is 19.4 Å². The molecule has 3 aromatic carbocycles. The molecule has 196 valence electrons. The zero-order valence-electron chi connectivity index (χ0n) is 20.9. The van der Waals surface area contributed by atoms with Gasteiger partial charge in [0.15, 0.2) is 0 Å². The van der Waals surface area contributed by atoms with Crippen LogP contribution in [0, 0.1) is 0 Å². The number of ether oxygens (including phenoxy) is 1. The number of likely N-dealkylation sites (N-methyl/N-ethyl adjacent to an activating group) is 1. The topological polar surface area (TPSA) is 96.0 Å². The monoisotopic (exact) mass is 587 g/mol. The van der Waals surface area contributed by atoms with Crippen molar-refractivity contribution in [2.75, 3.05) is 24.5 Å². The van der Waals surface area contributed by atoms with Crippen molar-refractivity contribution in [2.24, 2.45) is 0 Å². The zero-order valence-corrected chi connectivity index (χ0v) is 23.3. The van der Waals surface area contributed by atoms with Crippen LogP contribution in [0.2, 0.25) is 0 Å². The molecule has 2 amide bonds. The number of anilines is 1. The summed E-state index contributed by atoms with van der Waals surface area (Å²) in [5.74, 6) is -0.252. The van der Waals surface area contributed by atoms with E-state index in [0.717, 1.165) is 9.87 Å².